The van der Waals surface area contributed by atoms with E-state index in [4.69, 9.17) is 27.9 Å². The number of anilines is 1. The summed E-state index contributed by atoms with van der Waals surface area (Å²) in [5, 5.41) is 0.182. The van der Waals surface area contributed by atoms with E-state index in [0.717, 1.165) is 6.42 Å². The van der Waals surface area contributed by atoms with Crippen LogP contribution in [-0.2, 0) is 9.53 Å². The smallest absolute Gasteiger partial charge is 0.410 e. The molecule has 2 rings (SSSR count). The Balaban J connectivity index is 1.94. The van der Waals surface area contributed by atoms with Crippen molar-refractivity contribution in [1.29, 1.82) is 0 Å². The maximum atomic E-state index is 12.4. The molecular weight excluding hydrogens is 381 g/mol. The molecule has 1 aliphatic heterocycles. The summed E-state index contributed by atoms with van der Waals surface area (Å²) in [7, 11) is 0. The van der Waals surface area contributed by atoms with Crippen molar-refractivity contribution in [2.75, 3.05) is 18.5 Å². The van der Waals surface area contributed by atoms with E-state index in [1.807, 2.05) is 20.8 Å². The highest BCUT2D eigenvalue weighted by Crippen LogP contribution is 2.22. The van der Waals surface area contributed by atoms with Crippen LogP contribution in [0.3, 0.4) is 0 Å². The molecule has 26 heavy (non-hydrogen) atoms. The summed E-state index contributed by atoms with van der Waals surface area (Å²) < 4.78 is 5.37. The monoisotopic (exact) mass is 403 g/mol. The fraction of sp³-hybridized carbons (Fsp3) is 0.625. The van der Waals surface area contributed by atoms with Gasteiger partial charge < -0.3 is 9.64 Å². The molecule has 8 nitrogen and oxygen atoms in total. The van der Waals surface area contributed by atoms with Gasteiger partial charge in [-0.3, -0.25) is 15.6 Å². The Morgan fingerprint density at radius 3 is 2.62 bits per heavy atom. The molecule has 2 heterocycles. The molecule has 1 saturated heterocycles. The van der Waals surface area contributed by atoms with Gasteiger partial charge in [0, 0.05) is 18.7 Å². The van der Waals surface area contributed by atoms with Crippen LogP contribution >= 0.6 is 23.2 Å². The predicted octanol–water partition coefficient (Wildman–Crippen LogP) is 3.18. The summed E-state index contributed by atoms with van der Waals surface area (Å²) >= 11 is 11.7. The Hall–Kier alpha value is -1.80. The van der Waals surface area contributed by atoms with Crippen molar-refractivity contribution < 1.29 is 14.3 Å². The van der Waals surface area contributed by atoms with Crippen LogP contribution in [0.1, 0.15) is 39.2 Å². The molecule has 1 aromatic heterocycles. The Bertz CT molecular complexity index is 693. The predicted molar refractivity (Wildman–Crippen MR) is 99.1 cm³/mol. The van der Waals surface area contributed by atoms with Crippen LogP contribution in [0.4, 0.5) is 10.6 Å². The van der Waals surface area contributed by atoms with Gasteiger partial charge in [-0.15, -0.1) is 0 Å². The van der Waals surface area contributed by atoms with Crippen LogP contribution in [0.15, 0.2) is 0 Å². The first-order chi connectivity index (χ1) is 12.1. The topological polar surface area (TPSA) is 96.5 Å². The van der Waals surface area contributed by atoms with E-state index in [0.29, 0.717) is 30.9 Å². The van der Waals surface area contributed by atoms with Crippen molar-refractivity contribution in [3.05, 3.63) is 16.0 Å². The molecule has 0 spiro atoms. The number of hydrogen-bond donors (Lipinski definition) is 2. The summed E-state index contributed by atoms with van der Waals surface area (Å²) in [6.07, 6.45) is 0.992. The largest absolute Gasteiger partial charge is 0.444 e. The highest BCUT2D eigenvalue weighted by atomic mass is 35.5. The molecule has 0 radical (unpaired) electrons. The number of hydrogen-bond acceptors (Lipinski definition) is 6. The summed E-state index contributed by atoms with van der Waals surface area (Å²) in [5.74, 6) is -0.275. The van der Waals surface area contributed by atoms with E-state index in [9.17, 15) is 9.59 Å². The Morgan fingerprint density at radius 2 is 1.96 bits per heavy atom. The zero-order valence-corrected chi connectivity index (χ0v) is 16.7. The molecule has 10 heteroatoms. The molecule has 0 unspecified atom stereocenters. The van der Waals surface area contributed by atoms with Gasteiger partial charge in [0.25, 0.3) is 0 Å². The molecule has 144 valence electrons. The minimum atomic E-state index is -0.573. The van der Waals surface area contributed by atoms with Gasteiger partial charge in [0.05, 0.1) is 5.92 Å². The lowest BCUT2D eigenvalue weighted by Gasteiger charge is -2.33. The minimum absolute atomic E-state index is 0.0221. The zero-order chi connectivity index (χ0) is 19.5. The minimum Gasteiger partial charge on any atom is -0.444 e. The molecular formula is C16H23Cl2N5O3. The Labute approximate surface area is 162 Å². The van der Waals surface area contributed by atoms with E-state index < -0.39 is 11.7 Å². The lowest BCUT2D eigenvalue weighted by Crippen LogP contribution is -2.48. The van der Waals surface area contributed by atoms with Crippen LogP contribution in [-0.4, -0.2) is 45.6 Å². The standard InChI is InChI=1S/C16H23Cl2N5O3/c1-9-11(17)19-14(18)20-12(9)21-22-13(24)10-6-5-7-23(8-10)15(25)26-16(2,3)4/h10H,5-8H2,1-4H3,(H,22,24)(H,19,20,21)/t10-/m0/s1. The van der Waals surface area contributed by atoms with Crippen molar-refractivity contribution in [2.45, 2.75) is 46.1 Å². The third-order valence-electron chi connectivity index (χ3n) is 3.81. The van der Waals surface area contributed by atoms with Crippen molar-refractivity contribution in [3.63, 3.8) is 0 Å². The second-order valence-corrected chi connectivity index (χ2v) is 7.83. The number of nitrogens with one attached hydrogen (secondary N) is 2. The first-order valence-electron chi connectivity index (χ1n) is 8.30. The second-order valence-electron chi connectivity index (χ2n) is 7.14. The number of carbonyl (C=O) groups excluding carboxylic acids is 2. The molecule has 1 aromatic rings. The van der Waals surface area contributed by atoms with E-state index in [1.54, 1.807) is 11.8 Å². The summed E-state index contributed by atoms with van der Waals surface area (Å²) in [4.78, 5) is 34.0. The van der Waals surface area contributed by atoms with Gasteiger partial charge in [-0.1, -0.05) is 11.6 Å². The highest BCUT2D eigenvalue weighted by Gasteiger charge is 2.31. The third-order valence-corrected chi connectivity index (χ3v) is 4.34. The number of piperidine rings is 1. The molecule has 1 fully saturated rings. The van der Waals surface area contributed by atoms with Crippen LogP contribution in [0.2, 0.25) is 10.4 Å². The number of aromatic nitrogens is 2. The quantitative estimate of drug-likeness (QED) is 0.456. The number of likely N-dealkylation sites (tertiary alicyclic amines) is 1. The maximum absolute atomic E-state index is 12.4. The van der Waals surface area contributed by atoms with Gasteiger partial charge >= 0.3 is 6.09 Å². The number of amides is 2. The fourth-order valence-electron chi connectivity index (χ4n) is 2.49. The van der Waals surface area contributed by atoms with Crippen molar-refractivity contribution in [1.82, 2.24) is 20.3 Å². The maximum Gasteiger partial charge on any atom is 0.410 e. The number of carbonyl (C=O) groups is 2. The number of hydrazine groups is 1. The average molecular weight is 404 g/mol. The van der Waals surface area contributed by atoms with Crippen molar-refractivity contribution >= 4 is 41.0 Å². The van der Waals surface area contributed by atoms with Gasteiger partial charge in [0.2, 0.25) is 11.2 Å². The molecule has 2 amide bonds. The molecule has 0 saturated carbocycles. The van der Waals surface area contributed by atoms with Gasteiger partial charge in [0.15, 0.2) is 5.82 Å². The van der Waals surface area contributed by atoms with Crippen LogP contribution < -0.4 is 10.9 Å². The molecule has 0 bridgehead atoms. The number of nitrogens with zero attached hydrogens (tertiary/aromatic N) is 3. The fourth-order valence-corrected chi connectivity index (χ4v) is 2.87. The van der Waals surface area contributed by atoms with Gasteiger partial charge in [-0.25, -0.2) is 9.78 Å². The third kappa shape index (κ3) is 5.60. The van der Waals surface area contributed by atoms with E-state index >= 15 is 0 Å². The first kappa shape index (κ1) is 20.5. The van der Waals surface area contributed by atoms with E-state index in [1.165, 1.54) is 0 Å². The number of rotatable bonds is 3. The van der Waals surface area contributed by atoms with Gasteiger partial charge in [-0.2, -0.15) is 4.98 Å². The van der Waals surface area contributed by atoms with E-state index in [-0.39, 0.29) is 22.3 Å². The summed E-state index contributed by atoms with van der Waals surface area (Å²) in [6, 6.07) is 0. The molecule has 0 aromatic carbocycles. The molecule has 2 N–H and O–H groups in total. The zero-order valence-electron chi connectivity index (χ0n) is 15.2. The summed E-state index contributed by atoms with van der Waals surface area (Å²) in [5.41, 5.74) is 5.31. The molecule has 1 aliphatic rings. The Morgan fingerprint density at radius 1 is 1.27 bits per heavy atom. The number of ether oxygens (including phenoxy) is 1. The Kier molecular flexibility index (Phi) is 6.52. The van der Waals surface area contributed by atoms with Crippen LogP contribution in [0.5, 0.6) is 0 Å². The number of halogens is 2. The summed E-state index contributed by atoms with van der Waals surface area (Å²) in [6.45, 7) is 8.00. The van der Waals surface area contributed by atoms with Crippen LogP contribution in [0.25, 0.3) is 0 Å². The lowest BCUT2D eigenvalue weighted by atomic mass is 9.98. The molecule has 0 aliphatic carbocycles. The van der Waals surface area contributed by atoms with Crippen LogP contribution in [0, 0.1) is 12.8 Å². The van der Waals surface area contributed by atoms with Crippen molar-refractivity contribution in [3.8, 4) is 0 Å². The van der Waals surface area contributed by atoms with Gasteiger partial charge in [-0.05, 0) is 52.1 Å². The average Bonchev–Trinajstić information content (AvgIpc) is 2.55. The highest BCUT2D eigenvalue weighted by molar-refractivity contribution is 6.32. The normalized spacial score (nSPS) is 17.6. The van der Waals surface area contributed by atoms with Crippen molar-refractivity contribution in [2.24, 2.45) is 5.92 Å². The second kappa shape index (κ2) is 8.26. The lowest BCUT2D eigenvalue weighted by molar-refractivity contribution is -0.126. The molecule has 1 atom stereocenters. The van der Waals surface area contributed by atoms with Gasteiger partial charge in [0.1, 0.15) is 10.8 Å². The van der Waals surface area contributed by atoms with E-state index in [2.05, 4.69) is 20.8 Å². The first-order valence-corrected chi connectivity index (χ1v) is 9.06. The SMILES string of the molecule is Cc1c(Cl)nc(Cl)nc1NNC(=O)[C@H]1CCCN(C(=O)OC(C)(C)C)C1.